The van der Waals surface area contributed by atoms with E-state index < -0.39 is 23.6 Å². The van der Waals surface area contributed by atoms with Crippen molar-refractivity contribution in [2.24, 2.45) is 0 Å². The van der Waals surface area contributed by atoms with Gasteiger partial charge in [-0.05, 0) is 23.1 Å². The zero-order valence-electron chi connectivity index (χ0n) is 21.1. The molecule has 0 saturated carbocycles. The SMILES string of the molecule is C=CCOC(=O)NCCN[C@@H](CCC(=O)NC(c1ccccc1)(c1ccccc1)c1ccccc1)C(=O)O. The molecule has 0 aliphatic heterocycles. The van der Waals surface area contributed by atoms with Crippen LogP contribution in [0.1, 0.15) is 29.5 Å². The van der Waals surface area contributed by atoms with E-state index in [1.54, 1.807) is 0 Å². The first-order valence-electron chi connectivity index (χ1n) is 12.4. The Hall–Kier alpha value is -4.43. The number of carbonyl (C=O) groups is 3. The van der Waals surface area contributed by atoms with Gasteiger partial charge in [0.1, 0.15) is 18.2 Å². The molecule has 198 valence electrons. The highest BCUT2D eigenvalue weighted by molar-refractivity contribution is 5.80. The number of carbonyl (C=O) groups excluding carboxylic acids is 2. The molecule has 1 atom stereocenters. The molecule has 8 heteroatoms. The third-order valence-electron chi connectivity index (χ3n) is 6.02. The third-order valence-corrected chi connectivity index (χ3v) is 6.02. The number of aliphatic carboxylic acids is 1. The second kappa shape index (κ2) is 14.3. The number of ether oxygens (including phenoxy) is 1. The maximum atomic E-state index is 13.4. The average molecular weight is 516 g/mol. The van der Waals surface area contributed by atoms with E-state index in [0.29, 0.717) is 0 Å². The van der Waals surface area contributed by atoms with Gasteiger partial charge in [0.05, 0.1) is 0 Å². The summed E-state index contributed by atoms with van der Waals surface area (Å²) in [5, 5.41) is 18.3. The predicted octanol–water partition coefficient (Wildman–Crippen LogP) is 3.83. The summed E-state index contributed by atoms with van der Waals surface area (Å²) in [7, 11) is 0. The molecule has 0 heterocycles. The molecule has 3 aromatic carbocycles. The van der Waals surface area contributed by atoms with Crippen molar-refractivity contribution in [3.8, 4) is 0 Å². The van der Waals surface area contributed by atoms with Gasteiger partial charge in [0.15, 0.2) is 0 Å². The number of alkyl carbamates (subject to hydrolysis) is 1. The Morgan fingerprint density at radius 2 is 1.34 bits per heavy atom. The van der Waals surface area contributed by atoms with E-state index >= 15 is 0 Å². The molecule has 8 nitrogen and oxygen atoms in total. The smallest absolute Gasteiger partial charge is 0.407 e. The van der Waals surface area contributed by atoms with Gasteiger partial charge in [-0.3, -0.25) is 9.59 Å². The highest BCUT2D eigenvalue weighted by atomic mass is 16.5. The molecule has 0 fully saturated rings. The third kappa shape index (κ3) is 7.54. The Morgan fingerprint density at radius 3 is 1.79 bits per heavy atom. The van der Waals surface area contributed by atoms with Gasteiger partial charge in [0.2, 0.25) is 5.91 Å². The largest absolute Gasteiger partial charge is 0.480 e. The van der Waals surface area contributed by atoms with Gasteiger partial charge in [-0.1, -0.05) is 104 Å². The van der Waals surface area contributed by atoms with Crippen LogP contribution in [-0.4, -0.2) is 48.8 Å². The Balaban J connectivity index is 1.75. The van der Waals surface area contributed by atoms with Crippen LogP contribution in [0.2, 0.25) is 0 Å². The lowest BCUT2D eigenvalue weighted by atomic mass is 9.77. The van der Waals surface area contributed by atoms with Gasteiger partial charge < -0.3 is 25.8 Å². The van der Waals surface area contributed by atoms with Gasteiger partial charge in [-0.25, -0.2) is 4.79 Å². The molecule has 4 N–H and O–H groups in total. The van der Waals surface area contributed by atoms with Crippen LogP contribution in [0.5, 0.6) is 0 Å². The van der Waals surface area contributed by atoms with Crippen molar-refractivity contribution >= 4 is 18.0 Å². The van der Waals surface area contributed by atoms with Gasteiger partial charge in [0, 0.05) is 19.5 Å². The lowest BCUT2D eigenvalue weighted by Gasteiger charge is -2.37. The number of nitrogens with one attached hydrogen (secondary N) is 3. The number of rotatable bonds is 14. The maximum Gasteiger partial charge on any atom is 0.407 e. The van der Waals surface area contributed by atoms with Crippen molar-refractivity contribution in [2.75, 3.05) is 19.7 Å². The molecule has 0 aromatic heterocycles. The Morgan fingerprint density at radius 1 is 0.842 bits per heavy atom. The van der Waals surface area contributed by atoms with Crippen molar-refractivity contribution in [3.05, 3.63) is 120 Å². The van der Waals surface area contributed by atoms with Crippen LogP contribution >= 0.6 is 0 Å². The van der Waals surface area contributed by atoms with E-state index in [1.165, 1.54) is 6.08 Å². The van der Waals surface area contributed by atoms with Crippen LogP contribution in [0.15, 0.2) is 104 Å². The van der Waals surface area contributed by atoms with Gasteiger partial charge in [-0.2, -0.15) is 0 Å². The van der Waals surface area contributed by atoms with E-state index in [9.17, 15) is 19.5 Å². The highest BCUT2D eigenvalue weighted by Crippen LogP contribution is 2.36. The predicted molar refractivity (Wildman–Crippen MR) is 146 cm³/mol. The minimum absolute atomic E-state index is 0.0208. The molecule has 0 bridgehead atoms. The molecule has 0 aliphatic carbocycles. The summed E-state index contributed by atoms with van der Waals surface area (Å²) in [6.45, 7) is 3.92. The van der Waals surface area contributed by atoms with Gasteiger partial charge in [0.25, 0.3) is 0 Å². The fourth-order valence-electron chi connectivity index (χ4n) is 4.24. The Kier molecular flexibility index (Phi) is 10.6. The summed E-state index contributed by atoms with van der Waals surface area (Å²) < 4.78 is 4.82. The molecular weight excluding hydrogens is 482 g/mol. The standard InChI is InChI=1S/C30H33N3O5/c1-2-22-38-29(37)32-21-20-31-26(28(35)36)18-19-27(34)33-30(23-12-6-3-7-13-23,24-14-8-4-9-15-24)25-16-10-5-11-17-25/h2-17,26,31H,1,18-22H2,(H,32,37)(H,33,34)(H,35,36)/t26-/m0/s1. The average Bonchev–Trinajstić information content (AvgIpc) is 2.95. The fourth-order valence-corrected chi connectivity index (χ4v) is 4.24. The van der Waals surface area contributed by atoms with Gasteiger partial charge in [-0.15, -0.1) is 0 Å². The zero-order chi connectivity index (χ0) is 27.2. The number of amides is 2. The molecule has 38 heavy (non-hydrogen) atoms. The minimum atomic E-state index is -1.08. The number of benzene rings is 3. The normalized spacial score (nSPS) is 11.7. The van der Waals surface area contributed by atoms with E-state index in [2.05, 4.69) is 22.5 Å². The van der Waals surface area contributed by atoms with Crippen molar-refractivity contribution < 1.29 is 24.2 Å². The maximum absolute atomic E-state index is 13.4. The van der Waals surface area contributed by atoms with E-state index in [0.717, 1.165) is 16.7 Å². The Labute approximate surface area is 222 Å². The minimum Gasteiger partial charge on any atom is -0.480 e. The van der Waals surface area contributed by atoms with Crippen LogP contribution in [0.25, 0.3) is 0 Å². The number of carboxylic acids is 1. The number of hydrogen-bond donors (Lipinski definition) is 4. The van der Waals surface area contributed by atoms with Crippen LogP contribution in [-0.2, 0) is 19.9 Å². The molecule has 0 aliphatic rings. The topological polar surface area (TPSA) is 117 Å². The molecule has 0 unspecified atom stereocenters. The summed E-state index contributed by atoms with van der Waals surface area (Å²) in [5.41, 5.74) is 1.68. The molecule has 0 radical (unpaired) electrons. The summed E-state index contributed by atoms with van der Waals surface area (Å²) >= 11 is 0. The van der Waals surface area contributed by atoms with Crippen LogP contribution in [0.4, 0.5) is 4.79 Å². The molecule has 3 aromatic rings. The van der Waals surface area contributed by atoms with Crippen molar-refractivity contribution in [3.63, 3.8) is 0 Å². The second-order valence-electron chi connectivity index (χ2n) is 8.59. The first-order valence-corrected chi connectivity index (χ1v) is 12.4. The van der Waals surface area contributed by atoms with Crippen LogP contribution in [0.3, 0.4) is 0 Å². The van der Waals surface area contributed by atoms with Crippen LogP contribution < -0.4 is 16.0 Å². The quantitative estimate of drug-likeness (QED) is 0.147. The molecule has 3 rings (SSSR count). The van der Waals surface area contributed by atoms with E-state index in [4.69, 9.17) is 4.74 Å². The van der Waals surface area contributed by atoms with Gasteiger partial charge >= 0.3 is 12.1 Å². The lowest BCUT2D eigenvalue weighted by Crippen LogP contribution is -2.48. The summed E-state index contributed by atoms with van der Waals surface area (Å²) in [4.78, 5) is 36.7. The second-order valence-corrected chi connectivity index (χ2v) is 8.59. The molecule has 0 saturated heterocycles. The zero-order valence-corrected chi connectivity index (χ0v) is 21.1. The monoisotopic (exact) mass is 515 g/mol. The van der Waals surface area contributed by atoms with E-state index in [1.807, 2.05) is 91.0 Å². The van der Waals surface area contributed by atoms with E-state index in [-0.39, 0.29) is 38.4 Å². The lowest BCUT2D eigenvalue weighted by molar-refractivity contribution is -0.139. The molecule has 2 amide bonds. The Bertz CT molecular complexity index is 1090. The molecule has 0 spiro atoms. The van der Waals surface area contributed by atoms with Crippen molar-refractivity contribution in [1.82, 2.24) is 16.0 Å². The highest BCUT2D eigenvalue weighted by Gasteiger charge is 2.37. The van der Waals surface area contributed by atoms with Crippen LogP contribution in [0, 0.1) is 0 Å². The summed E-state index contributed by atoms with van der Waals surface area (Å²) in [6, 6.07) is 28.1. The first kappa shape index (κ1) is 28.1. The van der Waals surface area contributed by atoms with Crippen molar-refractivity contribution in [1.29, 1.82) is 0 Å². The summed E-state index contributed by atoms with van der Waals surface area (Å²) in [5.74, 6) is -1.37. The van der Waals surface area contributed by atoms with Crippen molar-refractivity contribution in [2.45, 2.75) is 24.4 Å². The number of carboxylic acid groups (broad SMARTS) is 1. The summed E-state index contributed by atoms with van der Waals surface area (Å²) in [6.07, 6.45) is 0.881. The molecular formula is C30H33N3O5. The fraction of sp³-hybridized carbons (Fsp3) is 0.233. The number of hydrogen-bond acceptors (Lipinski definition) is 5. The first-order chi connectivity index (χ1) is 18.5.